The highest BCUT2D eigenvalue weighted by molar-refractivity contribution is 6.47. The SMILES string of the molecule is CC(C)(O)C(C)(C)O[B]c1ccc(C2CCNCC2)cc1. The lowest BCUT2D eigenvalue weighted by molar-refractivity contribution is -0.0893. The lowest BCUT2D eigenvalue weighted by atomic mass is 9.81. The Morgan fingerprint density at radius 2 is 1.67 bits per heavy atom. The number of rotatable bonds is 5. The smallest absolute Gasteiger partial charge is 0.330 e. The first kappa shape index (κ1) is 16.5. The fourth-order valence-corrected chi connectivity index (χ4v) is 2.36. The zero-order chi connectivity index (χ0) is 15.5. The van der Waals surface area contributed by atoms with Crippen LogP contribution < -0.4 is 10.8 Å². The highest BCUT2D eigenvalue weighted by Gasteiger charge is 2.35. The second-order valence-corrected chi connectivity index (χ2v) is 7.00. The molecular weight excluding hydrogens is 261 g/mol. The van der Waals surface area contributed by atoms with E-state index in [0.717, 1.165) is 18.6 Å². The van der Waals surface area contributed by atoms with E-state index in [9.17, 15) is 5.11 Å². The number of hydrogen-bond acceptors (Lipinski definition) is 3. The first-order valence-electron chi connectivity index (χ1n) is 7.84. The van der Waals surface area contributed by atoms with E-state index in [4.69, 9.17) is 4.65 Å². The summed E-state index contributed by atoms with van der Waals surface area (Å²) in [6.45, 7) is 9.55. The minimum Gasteiger partial charge on any atom is -0.427 e. The molecule has 0 saturated carbocycles. The van der Waals surface area contributed by atoms with Gasteiger partial charge in [-0.15, -0.1) is 0 Å². The van der Waals surface area contributed by atoms with Gasteiger partial charge in [-0.25, -0.2) is 0 Å². The van der Waals surface area contributed by atoms with Crippen LogP contribution in [0, 0.1) is 0 Å². The molecule has 1 saturated heterocycles. The third-order valence-corrected chi connectivity index (χ3v) is 4.71. The van der Waals surface area contributed by atoms with Gasteiger partial charge in [0.15, 0.2) is 0 Å². The van der Waals surface area contributed by atoms with Gasteiger partial charge >= 0.3 is 7.48 Å². The number of benzene rings is 1. The van der Waals surface area contributed by atoms with Crippen molar-refractivity contribution in [2.24, 2.45) is 0 Å². The second kappa shape index (κ2) is 6.51. The van der Waals surface area contributed by atoms with Gasteiger partial charge < -0.3 is 15.1 Å². The molecule has 1 radical (unpaired) electrons. The number of hydrogen-bond donors (Lipinski definition) is 2. The monoisotopic (exact) mass is 288 g/mol. The van der Waals surface area contributed by atoms with Crippen LogP contribution in [0.25, 0.3) is 0 Å². The standard InChI is InChI=1S/C17H27BNO2/c1-16(2,20)17(3,4)21-18-15-7-5-13(6-8-15)14-9-11-19-12-10-14/h5-8,14,19-20H,9-12H2,1-4H3. The Morgan fingerprint density at radius 3 is 2.19 bits per heavy atom. The van der Waals surface area contributed by atoms with Crippen LogP contribution >= 0.6 is 0 Å². The Labute approximate surface area is 129 Å². The summed E-state index contributed by atoms with van der Waals surface area (Å²) in [5.74, 6) is 0.675. The van der Waals surface area contributed by atoms with Crippen LogP contribution in [0.4, 0.5) is 0 Å². The molecule has 0 unspecified atom stereocenters. The third kappa shape index (κ3) is 4.32. The van der Waals surface area contributed by atoms with Crippen LogP contribution in [0.1, 0.15) is 52.0 Å². The van der Waals surface area contributed by atoms with Crippen molar-refractivity contribution < 1.29 is 9.76 Å². The first-order valence-corrected chi connectivity index (χ1v) is 7.84. The molecule has 0 bridgehead atoms. The highest BCUT2D eigenvalue weighted by Crippen LogP contribution is 2.25. The molecule has 1 aromatic rings. The van der Waals surface area contributed by atoms with E-state index >= 15 is 0 Å². The van der Waals surface area contributed by atoms with Gasteiger partial charge in [0.2, 0.25) is 0 Å². The van der Waals surface area contributed by atoms with E-state index in [2.05, 4.69) is 29.6 Å². The Kier molecular flexibility index (Phi) is 5.13. The Bertz CT molecular complexity index is 445. The largest absolute Gasteiger partial charge is 0.427 e. The van der Waals surface area contributed by atoms with Crippen molar-refractivity contribution in [2.75, 3.05) is 13.1 Å². The normalized spacial score (nSPS) is 17.8. The van der Waals surface area contributed by atoms with Crippen LogP contribution in [0.2, 0.25) is 0 Å². The molecule has 1 aliphatic heterocycles. The summed E-state index contributed by atoms with van der Waals surface area (Å²) in [4.78, 5) is 0. The lowest BCUT2D eigenvalue weighted by Gasteiger charge is -2.37. The summed E-state index contributed by atoms with van der Waals surface area (Å²) in [6.07, 6.45) is 2.43. The Morgan fingerprint density at radius 1 is 1.10 bits per heavy atom. The minimum atomic E-state index is -0.890. The van der Waals surface area contributed by atoms with E-state index in [1.165, 1.54) is 18.4 Å². The molecular formula is C17H27BNO2. The van der Waals surface area contributed by atoms with Crippen molar-refractivity contribution in [3.05, 3.63) is 29.8 Å². The van der Waals surface area contributed by atoms with Crippen molar-refractivity contribution in [3.63, 3.8) is 0 Å². The number of nitrogens with one attached hydrogen (secondary N) is 1. The molecule has 21 heavy (non-hydrogen) atoms. The van der Waals surface area contributed by atoms with Gasteiger partial charge in [-0.1, -0.05) is 29.7 Å². The number of aliphatic hydroxyl groups is 1. The van der Waals surface area contributed by atoms with Gasteiger partial charge in [0.1, 0.15) is 0 Å². The van der Waals surface area contributed by atoms with E-state index in [1.807, 2.05) is 13.8 Å². The number of piperidine rings is 1. The summed E-state index contributed by atoms with van der Waals surface area (Å²) in [5, 5.41) is 13.5. The van der Waals surface area contributed by atoms with Crippen molar-refractivity contribution in [1.29, 1.82) is 0 Å². The van der Waals surface area contributed by atoms with E-state index < -0.39 is 11.2 Å². The summed E-state index contributed by atoms with van der Waals surface area (Å²) < 4.78 is 5.78. The highest BCUT2D eigenvalue weighted by atomic mass is 16.5. The summed E-state index contributed by atoms with van der Waals surface area (Å²) in [6, 6.07) is 8.58. The van der Waals surface area contributed by atoms with Gasteiger partial charge in [0, 0.05) is 0 Å². The lowest BCUT2D eigenvalue weighted by Crippen LogP contribution is -2.49. The average Bonchev–Trinajstić information content (AvgIpc) is 2.45. The maximum atomic E-state index is 10.1. The molecule has 0 spiro atoms. The van der Waals surface area contributed by atoms with Gasteiger partial charge in [0.25, 0.3) is 0 Å². The fraction of sp³-hybridized carbons (Fsp3) is 0.647. The molecule has 0 atom stereocenters. The second-order valence-electron chi connectivity index (χ2n) is 7.00. The maximum absolute atomic E-state index is 10.1. The average molecular weight is 288 g/mol. The third-order valence-electron chi connectivity index (χ3n) is 4.71. The Hall–Kier alpha value is -0.835. The fourth-order valence-electron chi connectivity index (χ4n) is 2.36. The summed E-state index contributed by atoms with van der Waals surface area (Å²) in [5.41, 5.74) is 0.930. The van der Waals surface area contributed by atoms with Crippen molar-refractivity contribution >= 4 is 12.9 Å². The van der Waals surface area contributed by atoms with E-state index in [0.29, 0.717) is 5.92 Å². The molecule has 3 nitrogen and oxygen atoms in total. The maximum Gasteiger partial charge on any atom is 0.330 e. The molecule has 0 aromatic heterocycles. The topological polar surface area (TPSA) is 41.5 Å². The quantitative estimate of drug-likeness (QED) is 0.814. The van der Waals surface area contributed by atoms with Crippen molar-refractivity contribution in [1.82, 2.24) is 5.32 Å². The van der Waals surface area contributed by atoms with Gasteiger partial charge in [-0.3, -0.25) is 0 Å². The molecule has 0 amide bonds. The molecule has 4 heteroatoms. The van der Waals surface area contributed by atoms with Crippen LogP contribution in [0.3, 0.4) is 0 Å². The van der Waals surface area contributed by atoms with Crippen LogP contribution in [-0.4, -0.2) is 36.9 Å². The minimum absolute atomic E-state index is 0.624. The molecule has 0 aliphatic carbocycles. The van der Waals surface area contributed by atoms with Crippen molar-refractivity contribution in [3.8, 4) is 0 Å². The molecule has 2 rings (SSSR count). The first-order chi connectivity index (χ1) is 9.79. The predicted octanol–water partition coefficient (Wildman–Crippen LogP) is 1.96. The van der Waals surface area contributed by atoms with E-state index in [1.54, 1.807) is 21.3 Å². The molecule has 1 aromatic carbocycles. The van der Waals surface area contributed by atoms with E-state index in [-0.39, 0.29) is 0 Å². The van der Waals surface area contributed by atoms with Gasteiger partial charge in [-0.2, -0.15) is 0 Å². The van der Waals surface area contributed by atoms with Crippen LogP contribution in [-0.2, 0) is 4.65 Å². The summed E-state index contributed by atoms with van der Waals surface area (Å²) >= 11 is 0. The van der Waals surface area contributed by atoms with Crippen LogP contribution in [0.5, 0.6) is 0 Å². The zero-order valence-electron chi connectivity index (χ0n) is 13.6. The van der Waals surface area contributed by atoms with Gasteiger partial charge in [0.05, 0.1) is 11.2 Å². The predicted molar refractivity (Wildman–Crippen MR) is 88.1 cm³/mol. The molecule has 1 fully saturated rings. The molecule has 115 valence electrons. The molecule has 1 heterocycles. The molecule has 2 N–H and O–H groups in total. The van der Waals surface area contributed by atoms with Crippen molar-refractivity contribution in [2.45, 2.75) is 57.7 Å². The van der Waals surface area contributed by atoms with Gasteiger partial charge in [-0.05, 0) is 65.1 Å². The summed E-state index contributed by atoms with van der Waals surface area (Å²) in [7, 11) is 1.74. The zero-order valence-corrected chi connectivity index (χ0v) is 13.6. The Balaban J connectivity index is 1.93. The van der Waals surface area contributed by atoms with Crippen LogP contribution in [0.15, 0.2) is 24.3 Å². The molecule has 1 aliphatic rings.